The van der Waals surface area contributed by atoms with Crippen LogP contribution in [0, 0.1) is 0 Å². The van der Waals surface area contributed by atoms with Crippen LogP contribution in [0.2, 0.25) is 0 Å². The summed E-state index contributed by atoms with van der Waals surface area (Å²) in [5.41, 5.74) is 0.288. The summed E-state index contributed by atoms with van der Waals surface area (Å²) in [6.45, 7) is 7.89. The molecule has 98 valence electrons. The standard InChI is InChI=1S/C6H10O3.C3H8O3S.Na.H/c1-4(2)6(8)9-5(3)7;1-2-3-7(4,5)6;;/h5,7H,1H2,2-3H3;2-3H2,1H3,(H,4,5,6);;/q;;+1;-1. The minimum Gasteiger partial charge on any atom is -1.00 e. The van der Waals surface area contributed by atoms with E-state index in [0.717, 1.165) is 0 Å². The fraction of sp³-hybridized carbons (Fsp3) is 0.667. The molecule has 0 aliphatic heterocycles. The molecule has 0 saturated heterocycles. The Hall–Kier alpha value is 0.0800. The third kappa shape index (κ3) is 21.8. The van der Waals surface area contributed by atoms with E-state index >= 15 is 0 Å². The molecule has 0 saturated carbocycles. The van der Waals surface area contributed by atoms with E-state index in [9.17, 15) is 13.2 Å². The number of hydrogen-bond acceptors (Lipinski definition) is 5. The van der Waals surface area contributed by atoms with Crippen LogP contribution in [-0.2, 0) is 19.6 Å². The molecule has 0 aliphatic carbocycles. The van der Waals surface area contributed by atoms with Gasteiger partial charge in [-0.3, -0.25) is 4.55 Å². The molecule has 0 aromatic heterocycles. The molecular weight excluding hydrogens is 259 g/mol. The van der Waals surface area contributed by atoms with Gasteiger partial charge in [0.05, 0.1) is 5.75 Å². The summed E-state index contributed by atoms with van der Waals surface area (Å²) in [6, 6.07) is 0. The molecule has 0 fully saturated rings. The molecule has 0 spiro atoms. The van der Waals surface area contributed by atoms with Gasteiger partial charge in [-0.25, -0.2) is 4.79 Å². The first-order valence-corrected chi connectivity index (χ1v) is 6.20. The summed E-state index contributed by atoms with van der Waals surface area (Å²) < 4.78 is 31.9. The van der Waals surface area contributed by atoms with Gasteiger partial charge in [0.25, 0.3) is 10.1 Å². The summed E-state index contributed by atoms with van der Waals surface area (Å²) >= 11 is 0. The Kier molecular flexibility index (Phi) is 14.7. The zero-order chi connectivity index (χ0) is 13.4. The molecule has 0 radical (unpaired) electrons. The maximum Gasteiger partial charge on any atom is 1.00 e. The van der Waals surface area contributed by atoms with Crippen molar-refractivity contribution in [3.8, 4) is 0 Å². The van der Waals surface area contributed by atoms with E-state index in [4.69, 9.17) is 9.66 Å². The molecule has 2 N–H and O–H groups in total. The molecule has 0 amide bonds. The Balaban J connectivity index is -0.000000100. The van der Waals surface area contributed by atoms with Gasteiger partial charge in [-0.05, 0) is 20.3 Å². The Labute approximate surface area is 126 Å². The van der Waals surface area contributed by atoms with Gasteiger partial charge in [-0.15, -0.1) is 0 Å². The second-order valence-electron chi connectivity index (χ2n) is 3.07. The predicted molar refractivity (Wildman–Crippen MR) is 60.4 cm³/mol. The summed E-state index contributed by atoms with van der Waals surface area (Å²) in [5.74, 6) is -0.697. The van der Waals surface area contributed by atoms with Gasteiger partial charge in [0, 0.05) is 5.57 Å². The van der Waals surface area contributed by atoms with Crippen molar-refractivity contribution in [3.63, 3.8) is 0 Å². The first-order valence-electron chi connectivity index (χ1n) is 4.59. The molecule has 8 heteroatoms. The number of carbonyl (C=O) groups excluding carboxylic acids is 1. The monoisotopic (exact) mass is 278 g/mol. The molecule has 0 heterocycles. The average molecular weight is 278 g/mol. The molecule has 1 unspecified atom stereocenters. The molecule has 17 heavy (non-hydrogen) atoms. The number of aliphatic hydroxyl groups is 1. The second-order valence-corrected chi connectivity index (χ2v) is 4.64. The summed E-state index contributed by atoms with van der Waals surface area (Å²) in [5, 5.41) is 8.49. The van der Waals surface area contributed by atoms with Crippen molar-refractivity contribution < 1.29 is 58.6 Å². The zero-order valence-electron chi connectivity index (χ0n) is 11.6. The number of hydrogen-bond donors (Lipinski definition) is 2. The number of esters is 1. The minimum atomic E-state index is -3.67. The third-order valence-corrected chi connectivity index (χ3v) is 2.01. The van der Waals surface area contributed by atoms with Gasteiger partial charge in [0.1, 0.15) is 0 Å². The maximum atomic E-state index is 10.5. The Morgan fingerprint density at radius 2 is 1.94 bits per heavy atom. The third-order valence-electron chi connectivity index (χ3n) is 1.09. The van der Waals surface area contributed by atoms with E-state index in [1.807, 2.05) is 0 Å². The second kappa shape index (κ2) is 11.2. The van der Waals surface area contributed by atoms with E-state index in [0.29, 0.717) is 6.42 Å². The van der Waals surface area contributed by atoms with Crippen LogP contribution in [0.5, 0.6) is 0 Å². The van der Waals surface area contributed by atoms with Gasteiger partial charge in [-0.1, -0.05) is 13.5 Å². The van der Waals surface area contributed by atoms with Crippen molar-refractivity contribution in [3.05, 3.63) is 12.2 Å². The quantitative estimate of drug-likeness (QED) is 0.200. The van der Waals surface area contributed by atoms with E-state index in [1.165, 1.54) is 13.8 Å². The molecular formula is C9H19NaO6S. The van der Waals surface area contributed by atoms with Crippen LogP contribution in [-0.4, -0.2) is 36.1 Å². The van der Waals surface area contributed by atoms with Crippen LogP contribution in [0.15, 0.2) is 12.2 Å². The Morgan fingerprint density at radius 1 is 1.53 bits per heavy atom. The molecule has 1 atom stereocenters. The van der Waals surface area contributed by atoms with Crippen molar-refractivity contribution in [1.29, 1.82) is 0 Å². The zero-order valence-corrected chi connectivity index (χ0v) is 13.5. The molecule has 0 aromatic carbocycles. The molecule has 0 bridgehead atoms. The number of rotatable bonds is 4. The normalized spacial score (nSPS) is 11.4. The fourth-order valence-electron chi connectivity index (χ4n) is 0.513. The van der Waals surface area contributed by atoms with Crippen LogP contribution in [0.25, 0.3) is 0 Å². The van der Waals surface area contributed by atoms with E-state index in [1.54, 1.807) is 6.92 Å². The van der Waals surface area contributed by atoms with Gasteiger partial charge in [-0.2, -0.15) is 8.42 Å². The van der Waals surface area contributed by atoms with Gasteiger partial charge in [0.15, 0.2) is 6.29 Å². The smallest absolute Gasteiger partial charge is 1.00 e. The van der Waals surface area contributed by atoms with Crippen molar-refractivity contribution in [2.45, 2.75) is 33.5 Å². The van der Waals surface area contributed by atoms with Crippen LogP contribution in [0.4, 0.5) is 0 Å². The summed E-state index contributed by atoms with van der Waals surface area (Å²) in [7, 11) is -3.67. The van der Waals surface area contributed by atoms with E-state index in [2.05, 4.69) is 11.3 Å². The molecule has 0 aromatic rings. The Bertz CT molecular complexity index is 328. The molecule has 0 aliphatic rings. The average Bonchev–Trinajstić information content (AvgIpc) is 2.01. The minimum absolute atomic E-state index is 0. The van der Waals surface area contributed by atoms with Gasteiger partial charge in [0.2, 0.25) is 0 Å². The SMILES string of the molecule is C=C(C)C(=O)OC(C)O.CCCS(=O)(=O)O.[H-].[Na+]. The van der Waals surface area contributed by atoms with Crippen molar-refractivity contribution in [2.24, 2.45) is 0 Å². The number of aliphatic hydroxyl groups excluding tert-OH is 1. The first kappa shape index (κ1) is 22.3. The summed E-state index contributed by atoms with van der Waals surface area (Å²) in [6.07, 6.45) is -0.576. The number of carbonyl (C=O) groups is 1. The van der Waals surface area contributed by atoms with Crippen LogP contribution < -0.4 is 29.6 Å². The molecule has 0 rings (SSSR count). The van der Waals surface area contributed by atoms with E-state index in [-0.39, 0.29) is 42.3 Å². The van der Waals surface area contributed by atoms with Gasteiger partial charge >= 0.3 is 35.5 Å². The first-order chi connectivity index (χ1) is 7.10. The topological polar surface area (TPSA) is 101 Å². The van der Waals surface area contributed by atoms with Crippen LogP contribution >= 0.6 is 0 Å². The Morgan fingerprint density at radius 3 is 2.00 bits per heavy atom. The van der Waals surface area contributed by atoms with Gasteiger partial charge < -0.3 is 11.3 Å². The predicted octanol–water partition coefficient (Wildman–Crippen LogP) is -2.16. The number of ether oxygens (including phenoxy) is 1. The maximum absolute atomic E-state index is 10.5. The van der Waals surface area contributed by atoms with Crippen LogP contribution in [0.3, 0.4) is 0 Å². The van der Waals surface area contributed by atoms with Crippen molar-refractivity contribution in [2.75, 3.05) is 5.75 Å². The fourth-order valence-corrected chi connectivity index (χ4v) is 1.03. The van der Waals surface area contributed by atoms with Crippen molar-refractivity contribution >= 4 is 16.1 Å². The van der Waals surface area contributed by atoms with Crippen molar-refractivity contribution in [1.82, 2.24) is 0 Å². The summed E-state index contributed by atoms with van der Waals surface area (Å²) in [4.78, 5) is 10.5. The molecule has 6 nitrogen and oxygen atoms in total. The largest absolute Gasteiger partial charge is 1.00 e. The van der Waals surface area contributed by atoms with E-state index < -0.39 is 22.4 Å². The van der Waals surface area contributed by atoms with Crippen LogP contribution in [0.1, 0.15) is 28.6 Å².